The van der Waals surface area contributed by atoms with Crippen LogP contribution in [0.4, 0.5) is 5.69 Å². The standard InChI is InChI=1S/C21H23N3O7S/c25-15-8-9-17(18(26)12-15)21(28)31-13-20(27)23-14-5-4-6-16(11-14)32(29,30)24-19-7-2-1-3-10-22-19/h4-6,8-9,11-12,25-26H,1-3,7,10,13H2,(H,22,24)(H,23,27). The quantitative estimate of drug-likeness (QED) is 0.481. The highest BCUT2D eigenvalue weighted by molar-refractivity contribution is 7.90. The van der Waals surface area contributed by atoms with Crippen LogP contribution in [0, 0.1) is 0 Å². The molecule has 2 aromatic carbocycles. The average molecular weight is 461 g/mol. The first-order valence-corrected chi connectivity index (χ1v) is 11.4. The van der Waals surface area contributed by atoms with Crippen LogP contribution in [0.3, 0.4) is 0 Å². The Balaban J connectivity index is 1.60. The van der Waals surface area contributed by atoms with Gasteiger partial charge in [-0.1, -0.05) is 12.5 Å². The molecule has 0 atom stereocenters. The molecule has 0 aliphatic carbocycles. The van der Waals surface area contributed by atoms with Gasteiger partial charge >= 0.3 is 5.97 Å². The lowest BCUT2D eigenvalue weighted by Gasteiger charge is -2.11. The van der Waals surface area contributed by atoms with Crippen molar-refractivity contribution in [1.29, 1.82) is 0 Å². The first kappa shape index (κ1) is 23.1. The van der Waals surface area contributed by atoms with Crippen molar-refractivity contribution in [2.75, 3.05) is 18.5 Å². The number of esters is 1. The molecule has 3 rings (SSSR count). The van der Waals surface area contributed by atoms with E-state index >= 15 is 0 Å². The van der Waals surface area contributed by atoms with Crippen molar-refractivity contribution >= 4 is 33.4 Å². The minimum absolute atomic E-state index is 0.0479. The molecule has 1 amide bonds. The average Bonchev–Trinajstić information content (AvgIpc) is 3.00. The van der Waals surface area contributed by atoms with Crippen LogP contribution < -0.4 is 10.0 Å². The first-order valence-electron chi connectivity index (χ1n) is 9.90. The van der Waals surface area contributed by atoms with E-state index in [4.69, 9.17) is 4.74 Å². The topological polar surface area (TPSA) is 154 Å². The van der Waals surface area contributed by atoms with Gasteiger partial charge in [-0.25, -0.2) is 13.2 Å². The zero-order valence-corrected chi connectivity index (χ0v) is 17.9. The van der Waals surface area contributed by atoms with Crippen LogP contribution in [-0.4, -0.2) is 49.5 Å². The fourth-order valence-electron chi connectivity index (χ4n) is 3.01. The highest BCUT2D eigenvalue weighted by Crippen LogP contribution is 2.23. The second-order valence-electron chi connectivity index (χ2n) is 7.10. The van der Waals surface area contributed by atoms with Gasteiger partial charge in [0.1, 0.15) is 22.9 Å². The summed E-state index contributed by atoms with van der Waals surface area (Å²) >= 11 is 0. The van der Waals surface area contributed by atoms with E-state index in [-0.39, 0.29) is 21.9 Å². The number of benzene rings is 2. The summed E-state index contributed by atoms with van der Waals surface area (Å²) in [5, 5.41) is 21.4. The Kier molecular flexibility index (Phi) is 7.31. The van der Waals surface area contributed by atoms with Gasteiger partial charge in [-0.3, -0.25) is 14.5 Å². The fourth-order valence-corrected chi connectivity index (χ4v) is 4.15. The lowest BCUT2D eigenvalue weighted by Crippen LogP contribution is -2.30. The minimum Gasteiger partial charge on any atom is -0.508 e. The van der Waals surface area contributed by atoms with Crippen LogP contribution >= 0.6 is 0 Å². The zero-order chi connectivity index (χ0) is 23.1. The van der Waals surface area contributed by atoms with Crippen molar-refractivity contribution in [3.8, 4) is 11.5 Å². The second kappa shape index (κ2) is 10.1. The number of nitrogens with zero attached hydrogens (tertiary/aromatic N) is 1. The summed E-state index contributed by atoms with van der Waals surface area (Å²) in [6, 6.07) is 8.96. The SMILES string of the molecule is O=C(COC(=O)c1ccc(O)cc1O)Nc1cccc(S(=O)(=O)NC2=NCCCCC2)c1. The number of ether oxygens (including phenoxy) is 1. The van der Waals surface area contributed by atoms with E-state index in [0.717, 1.165) is 31.4 Å². The van der Waals surface area contributed by atoms with E-state index in [0.29, 0.717) is 18.8 Å². The Labute approximate surface area is 185 Å². The summed E-state index contributed by atoms with van der Waals surface area (Å²) in [7, 11) is -3.87. The number of aromatic hydroxyl groups is 2. The van der Waals surface area contributed by atoms with Gasteiger partial charge in [-0.05, 0) is 43.2 Å². The molecule has 0 saturated heterocycles. The monoisotopic (exact) mass is 461 g/mol. The summed E-state index contributed by atoms with van der Waals surface area (Å²) in [6.45, 7) is -0.0836. The molecule has 170 valence electrons. The molecule has 1 aliphatic heterocycles. The van der Waals surface area contributed by atoms with Gasteiger partial charge in [0.25, 0.3) is 15.9 Å². The number of phenols is 2. The smallest absolute Gasteiger partial charge is 0.342 e. The summed E-state index contributed by atoms with van der Waals surface area (Å²) in [6.07, 6.45) is 3.33. The minimum atomic E-state index is -3.87. The molecule has 0 unspecified atom stereocenters. The Morgan fingerprint density at radius 1 is 1.06 bits per heavy atom. The number of anilines is 1. The number of rotatable bonds is 6. The number of phenolic OH excluding ortho intramolecular Hbond substituents is 2. The van der Waals surface area contributed by atoms with Crippen molar-refractivity contribution in [2.24, 2.45) is 4.99 Å². The number of hydrogen-bond donors (Lipinski definition) is 4. The van der Waals surface area contributed by atoms with Crippen LogP contribution in [0.15, 0.2) is 52.4 Å². The van der Waals surface area contributed by atoms with Crippen LogP contribution in [0.2, 0.25) is 0 Å². The zero-order valence-electron chi connectivity index (χ0n) is 17.1. The van der Waals surface area contributed by atoms with E-state index in [1.54, 1.807) is 0 Å². The van der Waals surface area contributed by atoms with Gasteiger partial charge < -0.3 is 20.3 Å². The highest BCUT2D eigenvalue weighted by atomic mass is 32.2. The van der Waals surface area contributed by atoms with Crippen LogP contribution in [-0.2, 0) is 19.6 Å². The molecule has 10 nitrogen and oxygen atoms in total. The molecule has 1 heterocycles. The maximum absolute atomic E-state index is 12.7. The maximum atomic E-state index is 12.7. The summed E-state index contributed by atoms with van der Waals surface area (Å²) in [4.78, 5) is 28.3. The number of aliphatic imine (C=N–C) groups is 1. The van der Waals surface area contributed by atoms with Crippen molar-refractivity contribution in [3.63, 3.8) is 0 Å². The summed E-state index contributed by atoms with van der Waals surface area (Å²) in [5.74, 6) is -1.96. The van der Waals surface area contributed by atoms with Gasteiger partial charge in [-0.2, -0.15) is 0 Å². The number of carbonyl (C=O) groups is 2. The number of carbonyl (C=O) groups excluding carboxylic acids is 2. The third kappa shape index (κ3) is 6.20. The molecule has 0 spiro atoms. The molecule has 32 heavy (non-hydrogen) atoms. The molecule has 0 bridgehead atoms. The number of nitrogens with one attached hydrogen (secondary N) is 2. The van der Waals surface area contributed by atoms with Crippen LogP contribution in [0.25, 0.3) is 0 Å². The molecular formula is C21H23N3O7S. The summed E-state index contributed by atoms with van der Waals surface area (Å²) in [5.41, 5.74) is -0.0135. The van der Waals surface area contributed by atoms with Gasteiger partial charge in [0.05, 0.1) is 4.90 Å². The molecule has 11 heteroatoms. The highest BCUT2D eigenvalue weighted by Gasteiger charge is 2.19. The summed E-state index contributed by atoms with van der Waals surface area (Å²) < 4.78 is 32.7. The van der Waals surface area contributed by atoms with E-state index in [1.807, 2.05) is 0 Å². The Bertz CT molecular complexity index is 1150. The van der Waals surface area contributed by atoms with Crippen LogP contribution in [0.5, 0.6) is 11.5 Å². The Morgan fingerprint density at radius 3 is 2.66 bits per heavy atom. The van der Waals surface area contributed by atoms with Crippen LogP contribution in [0.1, 0.15) is 36.0 Å². The molecule has 0 aromatic heterocycles. The van der Waals surface area contributed by atoms with Crippen molar-refractivity contribution < 1.29 is 33.0 Å². The first-order chi connectivity index (χ1) is 15.2. The lowest BCUT2D eigenvalue weighted by molar-refractivity contribution is -0.119. The Morgan fingerprint density at radius 2 is 1.88 bits per heavy atom. The Hall–Kier alpha value is -3.60. The maximum Gasteiger partial charge on any atom is 0.342 e. The molecule has 0 radical (unpaired) electrons. The molecule has 4 N–H and O–H groups in total. The predicted octanol–water partition coefficient (Wildman–Crippen LogP) is 2.14. The normalized spacial score (nSPS) is 14.1. The van der Waals surface area contributed by atoms with E-state index in [1.165, 1.54) is 30.3 Å². The van der Waals surface area contributed by atoms with Gasteiger partial charge in [0, 0.05) is 24.7 Å². The largest absolute Gasteiger partial charge is 0.508 e. The van der Waals surface area contributed by atoms with Gasteiger partial charge in [0.2, 0.25) is 0 Å². The predicted molar refractivity (Wildman–Crippen MR) is 116 cm³/mol. The van der Waals surface area contributed by atoms with Crippen molar-refractivity contribution in [1.82, 2.24) is 4.72 Å². The molecular weight excluding hydrogens is 438 g/mol. The van der Waals surface area contributed by atoms with E-state index in [2.05, 4.69) is 15.0 Å². The molecule has 2 aromatic rings. The fraction of sp³-hybridized carbons (Fsp3) is 0.286. The lowest BCUT2D eigenvalue weighted by atomic mass is 10.2. The number of hydrogen-bond acceptors (Lipinski definition) is 8. The van der Waals surface area contributed by atoms with Gasteiger partial charge in [0.15, 0.2) is 6.61 Å². The van der Waals surface area contributed by atoms with Crippen molar-refractivity contribution in [2.45, 2.75) is 30.6 Å². The third-order valence-corrected chi connectivity index (χ3v) is 5.97. The third-order valence-electron chi connectivity index (χ3n) is 4.59. The number of amides is 1. The number of amidine groups is 1. The molecule has 1 aliphatic rings. The van der Waals surface area contributed by atoms with E-state index < -0.39 is 34.3 Å². The van der Waals surface area contributed by atoms with E-state index in [9.17, 15) is 28.2 Å². The second-order valence-corrected chi connectivity index (χ2v) is 8.78. The van der Waals surface area contributed by atoms with Gasteiger partial charge in [-0.15, -0.1) is 0 Å². The van der Waals surface area contributed by atoms with Crippen molar-refractivity contribution in [3.05, 3.63) is 48.0 Å². The molecule has 0 fully saturated rings. The number of sulfonamides is 1. The molecule has 0 saturated carbocycles.